The van der Waals surface area contributed by atoms with Gasteiger partial charge in [0.15, 0.2) is 0 Å². The summed E-state index contributed by atoms with van der Waals surface area (Å²) in [7, 11) is 0. The Morgan fingerprint density at radius 2 is 1.68 bits per heavy atom. The van der Waals surface area contributed by atoms with Crippen LogP contribution in [-0.4, -0.2) is 43.2 Å². The van der Waals surface area contributed by atoms with Gasteiger partial charge in [0.05, 0.1) is 37.9 Å². The van der Waals surface area contributed by atoms with E-state index in [1.165, 1.54) is 32.1 Å². The lowest BCUT2D eigenvalue weighted by atomic mass is 9.94. The first kappa shape index (κ1) is 16.4. The molecule has 1 heterocycles. The van der Waals surface area contributed by atoms with Gasteiger partial charge in [-0.3, -0.25) is 0 Å². The fourth-order valence-corrected chi connectivity index (χ4v) is 4.44. The molecule has 1 saturated heterocycles. The molecule has 4 rings (SSSR count). The van der Waals surface area contributed by atoms with Gasteiger partial charge in [-0.1, -0.05) is 42.8 Å². The number of hydrogen-bond donors (Lipinski definition) is 2. The monoisotopic (exact) mass is 338 g/mol. The van der Waals surface area contributed by atoms with E-state index < -0.39 is 0 Å². The highest BCUT2D eigenvalue weighted by Crippen LogP contribution is 2.23. The van der Waals surface area contributed by atoms with E-state index in [1.807, 2.05) is 29.2 Å². The van der Waals surface area contributed by atoms with Gasteiger partial charge >= 0.3 is 6.03 Å². The first-order valence-electron chi connectivity index (χ1n) is 9.69. The molecule has 0 aromatic heterocycles. The van der Waals surface area contributed by atoms with Crippen molar-refractivity contribution in [3.63, 3.8) is 0 Å². The van der Waals surface area contributed by atoms with Crippen LogP contribution in [0.3, 0.4) is 0 Å². The van der Waals surface area contributed by atoms with Crippen LogP contribution in [0, 0.1) is 0 Å². The van der Waals surface area contributed by atoms with Gasteiger partial charge in [0, 0.05) is 5.39 Å². The van der Waals surface area contributed by atoms with Crippen LogP contribution >= 0.6 is 0 Å². The Hall–Kier alpha value is -2.07. The Bertz CT molecular complexity index is 726. The Morgan fingerprint density at radius 3 is 2.48 bits per heavy atom. The molecule has 2 aromatic carbocycles. The minimum absolute atomic E-state index is 0.0408. The summed E-state index contributed by atoms with van der Waals surface area (Å²) in [5.41, 5.74) is 0.908. The predicted molar refractivity (Wildman–Crippen MR) is 102 cm³/mol. The van der Waals surface area contributed by atoms with Crippen molar-refractivity contribution < 1.29 is 9.69 Å². The minimum atomic E-state index is 0.0408. The summed E-state index contributed by atoms with van der Waals surface area (Å²) in [6, 6.07) is 15.1. The van der Waals surface area contributed by atoms with E-state index in [9.17, 15) is 4.79 Å². The number of quaternary nitrogens is 1. The van der Waals surface area contributed by atoms with Gasteiger partial charge in [-0.15, -0.1) is 0 Å². The van der Waals surface area contributed by atoms with Gasteiger partial charge in [0.25, 0.3) is 0 Å². The highest BCUT2D eigenvalue weighted by atomic mass is 16.2. The summed E-state index contributed by atoms with van der Waals surface area (Å²) < 4.78 is 0. The van der Waals surface area contributed by atoms with Crippen molar-refractivity contribution >= 4 is 22.5 Å². The van der Waals surface area contributed by atoms with E-state index in [0.29, 0.717) is 0 Å². The molecule has 2 aromatic rings. The second-order valence-electron chi connectivity index (χ2n) is 7.44. The average Bonchev–Trinajstić information content (AvgIpc) is 2.69. The zero-order valence-electron chi connectivity index (χ0n) is 14.8. The zero-order valence-corrected chi connectivity index (χ0v) is 14.8. The van der Waals surface area contributed by atoms with E-state index in [4.69, 9.17) is 0 Å². The van der Waals surface area contributed by atoms with Crippen molar-refractivity contribution in [1.29, 1.82) is 0 Å². The molecule has 1 aliphatic carbocycles. The second-order valence-corrected chi connectivity index (χ2v) is 7.44. The maximum absolute atomic E-state index is 12.7. The number of rotatable bonds is 2. The lowest BCUT2D eigenvalue weighted by molar-refractivity contribution is -0.930. The Balaban J connectivity index is 1.37. The number of hydrogen-bond acceptors (Lipinski definition) is 1. The second kappa shape index (κ2) is 7.44. The van der Waals surface area contributed by atoms with Crippen LogP contribution in [-0.2, 0) is 0 Å². The maximum atomic E-state index is 12.7. The molecular weight excluding hydrogens is 310 g/mol. The molecule has 0 atom stereocenters. The molecule has 4 heteroatoms. The zero-order chi connectivity index (χ0) is 17.1. The molecule has 1 saturated carbocycles. The number of benzene rings is 2. The standard InChI is InChI=1S/C21H27N3O/c25-21(22-20-12-6-8-17-7-4-5-11-19(17)20)24-15-13-23(14-16-24)18-9-2-1-3-10-18/h4-8,11-12,18H,1-3,9-10,13-16H2,(H,22,25)/p+1. The number of carbonyl (C=O) groups is 1. The molecule has 2 aliphatic rings. The van der Waals surface area contributed by atoms with E-state index in [-0.39, 0.29) is 6.03 Å². The number of anilines is 1. The quantitative estimate of drug-likeness (QED) is 0.868. The van der Waals surface area contributed by atoms with Gasteiger partial charge in [-0.2, -0.15) is 0 Å². The fraction of sp³-hybridized carbons (Fsp3) is 0.476. The molecule has 1 aliphatic heterocycles. The molecule has 0 unspecified atom stereocenters. The van der Waals surface area contributed by atoms with Crippen LogP contribution in [0.15, 0.2) is 42.5 Å². The molecule has 25 heavy (non-hydrogen) atoms. The smallest absolute Gasteiger partial charge is 0.322 e. The first-order valence-corrected chi connectivity index (χ1v) is 9.69. The van der Waals surface area contributed by atoms with Crippen LogP contribution in [0.2, 0.25) is 0 Å². The van der Waals surface area contributed by atoms with Gasteiger partial charge in [-0.25, -0.2) is 4.79 Å². The third-order valence-electron chi connectivity index (χ3n) is 5.91. The Morgan fingerprint density at radius 1 is 0.960 bits per heavy atom. The van der Waals surface area contributed by atoms with Gasteiger partial charge < -0.3 is 15.1 Å². The summed E-state index contributed by atoms with van der Waals surface area (Å²) in [5, 5.41) is 5.39. The number of nitrogens with zero attached hydrogens (tertiary/aromatic N) is 1. The molecule has 2 fully saturated rings. The Labute approximate surface area is 149 Å². The third kappa shape index (κ3) is 3.64. The molecule has 0 bridgehead atoms. The summed E-state index contributed by atoms with van der Waals surface area (Å²) in [6.07, 6.45) is 6.93. The minimum Gasteiger partial charge on any atom is -0.330 e. The number of piperazine rings is 1. The highest BCUT2D eigenvalue weighted by Gasteiger charge is 2.30. The maximum Gasteiger partial charge on any atom is 0.322 e. The number of urea groups is 1. The fourth-order valence-electron chi connectivity index (χ4n) is 4.44. The van der Waals surface area contributed by atoms with Gasteiger partial charge in [-0.05, 0) is 37.1 Å². The summed E-state index contributed by atoms with van der Waals surface area (Å²) in [6.45, 7) is 3.91. The number of carbonyl (C=O) groups excluding carboxylic acids is 1. The number of nitrogens with one attached hydrogen (secondary N) is 2. The van der Waals surface area contributed by atoms with Crippen molar-refractivity contribution in [1.82, 2.24) is 4.90 Å². The van der Waals surface area contributed by atoms with E-state index >= 15 is 0 Å². The molecular formula is C21H28N3O+. The topological polar surface area (TPSA) is 36.8 Å². The summed E-state index contributed by atoms with van der Waals surface area (Å²) in [4.78, 5) is 16.4. The molecule has 0 spiro atoms. The Kier molecular flexibility index (Phi) is 4.88. The summed E-state index contributed by atoms with van der Waals surface area (Å²) >= 11 is 0. The molecule has 4 nitrogen and oxygen atoms in total. The van der Waals surface area contributed by atoms with Crippen LogP contribution in [0.25, 0.3) is 10.8 Å². The van der Waals surface area contributed by atoms with E-state index in [0.717, 1.165) is 48.7 Å². The van der Waals surface area contributed by atoms with Crippen molar-refractivity contribution in [3.05, 3.63) is 42.5 Å². The number of amides is 2. The third-order valence-corrected chi connectivity index (χ3v) is 5.91. The molecule has 2 N–H and O–H groups in total. The van der Waals surface area contributed by atoms with Gasteiger partial charge in [0.1, 0.15) is 0 Å². The summed E-state index contributed by atoms with van der Waals surface area (Å²) in [5.74, 6) is 0. The van der Waals surface area contributed by atoms with Crippen LogP contribution in [0.1, 0.15) is 32.1 Å². The van der Waals surface area contributed by atoms with Crippen molar-refractivity contribution in [3.8, 4) is 0 Å². The first-order chi connectivity index (χ1) is 12.3. The van der Waals surface area contributed by atoms with E-state index in [1.54, 1.807) is 4.90 Å². The lowest BCUT2D eigenvalue weighted by Crippen LogP contribution is -3.18. The normalized spacial score (nSPS) is 19.9. The van der Waals surface area contributed by atoms with Crippen LogP contribution in [0.5, 0.6) is 0 Å². The van der Waals surface area contributed by atoms with Gasteiger partial charge in [0.2, 0.25) is 0 Å². The lowest BCUT2D eigenvalue weighted by Gasteiger charge is -2.38. The van der Waals surface area contributed by atoms with E-state index in [2.05, 4.69) is 23.5 Å². The van der Waals surface area contributed by atoms with Crippen LogP contribution in [0.4, 0.5) is 10.5 Å². The molecule has 132 valence electrons. The van der Waals surface area contributed by atoms with Crippen molar-refractivity contribution in [2.45, 2.75) is 38.1 Å². The SMILES string of the molecule is O=C(Nc1cccc2ccccc12)N1CC[NH+](C2CCCCC2)CC1. The average molecular weight is 338 g/mol. The van der Waals surface area contributed by atoms with Crippen LogP contribution < -0.4 is 10.2 Å². The predicted octanol–water partition coefficient (Wildman–Crippen LogP) is 2.90. The highest BCUT2D eigenvalue weighted by molar-refractivity contribution is 6.01. The van der Waals surface area contributed by atoms with Crippen molar-refractivity contribution in [2.75, 3.05) is 31.5 Å². The molecule has 2 amide bonds. The molecule has 0 radical (unpaired) electrons. The largest absolute Gasteiger partial charge is 0.330 e. The number of fused-ring (bicyclic) bond motifs is 1. The van der Waals surface area contributed by atoms with Crippen molar-refractivity contribution in [2.24, 2.45) is 0 Å².